The molecule has 0 fully saturated rings. The zero-order valence-electron chi connectivity index (χ0n) is 17.7. The molecule has 0 aliphatic rings. The van der Waals surface area contributed by atoms with Crippen molar-refractivity contribution < 1.29 is 19.4 Å². The predicted molar refractivity (Wildman–Crippen MR) is 125 cm³/mol. The van der Waals surface area contributed by atoms with Crippen LogP contribution in [0.1, 0.15) is 80.1 Å². The van der Waals surface area contributed by atoms with Crippen molar-refractivity contribution >= 4 is 53.1 Å². The molecule has 0 saturated heterocycles. The van der Waals surface area contributed by atoms with Crippen molar-refractivity contribution in [2.45, 2.75) is 69.9 Å². The third-order valence-corrected chi connectivity index (χ3v) is 6.03. The molecule has 0 saturated carbocycles. The van der Waals surface area contributed by atoms with Crippen molar-refractivity contribution in [3.8, 4) is 5.75 Å². The number of hydrogen-bond acceptors (Lipinski definition) is 5. The number of Topliss-reactive ketones (excluding diaryl/α,β-unsaturated/α-hetero) is 1. The molecule has 0 N–H and O–H groups in total. The standard InChI is InChI=1S/C24H30O4S.Na.H/c1-5-7-14-22(19-12-9-8-10-13-19)29-23-16-15-20(17(3)25)24(21(23)11-6-2)28-27-18(4)26;;/h8-10,12-13,15-16,22H,5-7,11,14H2,1-4H3;;. The SMILES string of the molecule is CCCCC(Sc1ccc(C(C)=O)c(OOC(C)=O)c1CCC)c1ccccc1.[NaH]. The second-order valence-electron chi connectivity index (χ2n) is 7.04. The second kappa shape index (κ2) is 13.9. The summed E-state index contributed by atoms with van der Waals surface area (Å²) in [5.41, 5.74) is 2.64. The van der Waals surface area contributed by atoms with Gasteiger partial charge in [-0.15, -0.1) is 11.8 Å². The van der Waals surface area contributed by atoms with Crippen LogP contribution in [0.4, 0.5) is 0 Å². The van der Waals surface area contributed by atoms with E-state index in [9.17, 15) is 9.59 Å². The molecular formula is C24H31NaO4S. The van der Waals surface area contributed by atoms with Gasteiger partial charge in [0.05, 0.1) is 5.56 Å². The Morgan fingerprint density at radius 1 is 1.00 bits per heavy atom. The zero-order chi connectivity index (χ0) is 21.2. The summed E-state index contributed by atoms with van der Waals surface area (Å²) >= 11 is 1.79. The van der Waals surface area contributed by atoms with Crippen LogP contribution >= 0.6 is 11.8 Å². The van der Waals surface area contributed by atoms with E-state index in [0.717, 1.165) is 42.6 Å². The second-order valence-corrected chi connectivity index (χ2v) is 8.29. The van der Waals surface area contributed by atoms with Crippen molar-refractivity contribution in [1.82, 2.24) is 0 Å². The first-order chi connectivity index (χ1) is 14.0. The van der Waals surface area contributed by atoms with Crippen LogP contribution in [-0.2, 0) is 16.1 Å². The first kappa shape index (κ1) is 26.8. The Labute approximate surface area is 206 Å². The van der Waals surface area contributed by atoms with E-state index in [2.05, 4.69) is 38.1 Å². The third kappa shape index (κ3) is 7.77. The molecule has 1 unspecified atom stereocenters. The molecule has 2 aromatic carbocycles. The molecule has 30 heavy (non-hydrogen) atoms. The first-order valence-electron chi connectivity index (χ1n) is 10.2. The van der Waals surface area contributed by atoms with Crippen molar-refractivity contribution in [2.75, 3.05) is 0 Å². The Balaban J connectivity index is 0.00000450. The van der Waals surface area contributed by atoms with Gasteiger partial charge in [-0.05, 0) is 37.5 Å². The molecular weight excluding hydrogens is 407 g/mol. The summed E-state index contributed by atoms with van der Waals surface area (Å²) in [6, 6.07) is 14.2. The number of benzene rings is 2. The topological polar surface area (TPSA) is 52.6 Å². The van der Waals surface area contributed by atoms with Crippen LogP contribution in [0.5, 0.6) is 5.75 Å². The normalized spacial score (nSPS) is 11.3. The van der Waals surface area contributed by atoms with Crippen LogP contribution < -0.4 is 4.89 Å². The van der Waals surface area contributed by atoms with Gasteiger partial charge in [0.2, 0.25) is 0 Å². The van der Waals surface area contributed by atoms with Crippen LogP contribution in [0.3, 0.4) is 0 Å². The van der Waals surface area contributed by atoms with E-state index in [4.69, 9.17) is 9.78 Å². The summed E-state index contributed by atoms with van der Waals surface area (Å²) < 4.78 is 0. The molecule has 4 nitrogen and oxygen atoms in total. The van der Waals surface area contributed by atoms with Crippen LogP contribution in [0, 0.1) is 0 Å². The number of carbonyl (C=O) groups is 2. The van der Waals surface area contributed by atoms with Crippen molar-refractivity contribution in [2.24, 2.45) is 0 Å². The van der Waals surface area contributed by atoms with Gasteiger partial charge >= 0.3 is 35.5 Å². The van der Waals surface area contributed by atoms with E-state index >= 15 is 0 Å². The fourth-order valence-electron chi connectivity index (χ4n) is 3.18. The quantitative estimate of drug-likeness (QED) is 0.140. The van der Waals surface area contributed by atoms with Gasteiger partial charge in [-0.2, -0.15) is 0 Å². The van der Waals surface area contributed by atoms with Gasteiger partial charge in [-0.1, -0.05) is 63.4 Å². The minimum absolute atomic E-state index is 0. The molecule has 0 radical (unpaired) electrons. The van der Waals surface area contributed by atoms with Crippen molar-refractivity contribution in [3.05, 3.63) is 59.2 Å². The van der Waals surface area contributed by atoms with Crippen LogP contribution in [0.25, 0.3) is 0 Å². The van der Waals surface area contributed by atoms with Gasteiger partial charge in [0.15, 0.2) is 11.5 Å². The minimum atomic E-state index is -0.551. The first-order valence-corrected chi connectivity index (χ1v) is 11.1. The Hall–Kier alpha value is -1.27. The molecule has 2 rings (SSSR count). The summed E-state index contributed by atoms with van der Waals surface area (Å²) in [5, 5.41) is 0.302. The number of unbranched alkanes of at least 4 members (excludes halogenated alkanes) is 1. The fraction of sp³-hybridized carbons (Fsp3) is 0.417. The van der Waals surface area contributed by atoms with E-state index in [-0.39, 0.29) is 35.3 Å². The maximum atomic E-state index is 12.1. The number of thioether (sulfide) groups is 1. The monoisotopic (exact) mass is 438 g/mol. The maximum absolute atomic E-state index is 12.1. The van der Waals surface area contributed by atoms with E-state index in [1.54, 1.807) is 17.8 Å². The van der Waals surface area contributed by atoms with E-state index in [1.807, 2.05) is 12.1 Å². The molecule has 2 aromatic rings. The zero-order valence-corrected chi connectivity index (χ0v) is 18.5. The molecule has 158 valence electrons. The number of hydrogen-bond donors (Lipinski definition) is 0. The molecule has 0 amide bonds. The van der Waals surface area contributed by atoms with E-state index in [1.165, 1.54) is 19.4 Å². The fourth-order valence-corrected chi connectivity index (χ4v) is 4.55. The van der Waals surface area contributed by atoms with Crippen molar-refractivity contribution in [1.29, 1.82) is 0 Å². The summed E-state index contributed by atoms with van der Waals surface area (Å²) in [4.78, 5) is 34.7. The van der Waals surface area contributed by atoms with Crippen LogP contribution in [-0.4, -0.2) is 41.3 Å². The number of ketones is 1. The van der Waals surface area contributed by atoms with Gasteiger partial charge in [0, 0.05) is 22.6 Å². The molecule has 1 atom stereocenters. The van der Waals surface area contributed by atoms with Gasteiger partial charge in [0.25, 0.3) is 0 Å². The Bertz CT molecular complexity index is 823. The van der Waals surface area contributed by atoms with Crippen LogP contribution in [0.2, 0.25) is 0 Å². The van der Waals surface area contributed by atoms with Gasteiger partial charge in [-0.3, -0.25) is 14.6 Å². The summed E-state index contributed by atoms with van der Waals surface area (Å²) in [7, 11) is 0. The molecule has 0 spiro atoms. The Morgan fingerprint density at radius 2 is 1.70 bits per heavy atom. The average Bonchev–Trinajstić information content (AvgIpc) is 2.71. The summed E-state index contributed by atoms with van der Waals surface area (Å²) in [5.74, 6) is -0.307. The van der Waals surface area contributed by atoms with E-state index < -0.39 is 5.97 Å². The molecule has 0 bridgehead atoms. The van der Waals surface area contributed by atoms with E-state index in [0.29, 0.717) is 16.6 Å². The Kier molecular flexibility index (Phi) is 12.4. The van der Waals surface area contributed by atoms with Crippen LogP contribution in [0.15, 0.2) is 47.4 Å². The molecule has 0 aliphatic carbocycles. The van der Waals surface area contributed by atoms with Crippen molar-refractivity contribution in [3.63, 3.8) is 0 Å². The summed E-state index contributed by atoms with van der Waals surface area (Å²) in [6.45, 7) is 7.05. The number of rotatable bonds is 11. The van der Waals surface area contributed by atoms with Gasteiger partial charge < -0.3 is 0 Å². The van der Waals surface area contributed by atoms with Gasteiger partial charge in [-0.25, -0.2) is 4.79 Å². The summed E-state index contributed by atoms with van der Waals surface area (Å²) in [6.07, 6.45) is 4.95. The molecule has 0 heterocycles. The molecule has 0 aromatic heterocycles. The van der Waals surface area contributed by atoms with Gasteiger partial charge in [0.1, 0.15) is 0 Å². The molecule has 0 aliphatic heterocycles. The number of carbonyl (C=O) groups excluding carboxylic acids is 2. The average molecular weight is 439 g/mol. The third-order valence-electron chi connectivity index (χ3n) is 4.60. The molecule has 6 heteroatoms. The Morgan fingerprint density at radius 3 is 2.27 bits per heavy atom. The predicted octanol–water partition coefficient (Wildman–Crippen LogP) is 6.07.